The summed E-state index contributed by atoms with van der Waals surface area (Å²) in [4.78, 5) is 44.9. The number of carbonyl (C=O) groups excluding carboxylic acids is 3. The molecule has 0 atom stereocenters. The highest BCUT2D eigenvalue weighted by molar-refractivity contribution is 6.34. The molecule has 0 aliphatic carbocycles. The molecule has 3 aromatic rings. The Labute approximate surface area is 237 Å². The normalized spacial score (nSPS) is 15.3. The number of nitrogens with zero attached hydrogens (tertiary/aromatic N) is 3. The topological polar surface area (TPSA) is 85.0 Å². The summed E-state index contributed by atoms with van der Waals surface area (Å²) in [6.07, 6.45) is 1.95. The number of nitrogens with one attached hydrogen (secondary N) is 2. The van der Waals surface area contributed by atoms with Crippen LogP contribution >= 0.6 is 23.2 Å². The molecule has 2 N–H and O–H groups in total. The molecule has 0 unspecified atom stereocenters. The number of carbonyl (C=O) groups is 3. The molecule has 3 aromatic carbocycles. The smallest absolute Gasteiger partial charge is 0.321 e. The van der Waals surface area contributed by atoms with Crippen molar-refractivity contribution in [2.24, 2.45) is 0 Å². The Bertz CT molecular complexity index is 1380. The van der Waals surface area contributed by atoms with E-state index < -0.39 is 0 Å². The number of hydrogen-bond acceptors (Lipinski definition) is 4. The zero-order chi connectivity index (χ0) is 27.4. The summed E-state index contributed by atoms with van der Waals surface area (Å²) in [5.41, 5.74) is 2.85. The van der Waals surface area contributed by atoms with Crippen molar-refractivity contribution in [2.45, 2.75) is 12.8 Å². The fourth-order valence-corrected chi connectivity index (χ4v) is 5.33. The number of hydrogen-bond donors (Lipinski definition) is 2. The second kappa shape index (κ2) is 12.0. The van der Waals surface area contributed by atoms with E-state index >= 15 is 0 Å². The van der Waals surface area contributed by atoms with Crippen LogP contribution in [0.25, 0.3) is 0 Å². The zero-order valence-corrected chi connectivity index (χ0v) is 22.8. The van der Waals surface area contributed by atoms with E-state index in [0.29, 0.717) is 71.8 Å². The standard InChI is InChI=1S/C29H29Cl2N5O3/c30-20-6-5-7-21(18-20)33-29(39)36-16-14-34(15-17-36)26-11-10-22(19-24(26)28(38)35-12-3-4-13-35)32-27(37)23-8-1-2-9-25(23)31/h1-2,5-11,18-19H,3-4,12-17H2,(H,32,37)(H,33,39). The number of halogens is 2. The Hall–Kier alpha value is -3.75. The van der Waals surface area contributed by atoms with Crippen LogP contribution in [0.1, 0.15) is 33.6 Å². The SMILES string of the molecule is O=C(Nc1ccc(N2CCN(C(=O)Nc3cccc(Cl)c3)CC2)c(C(=O)N2CCCC2)c1)c1ccccc1Cl. The van der Waals surface area contributed by atoms with Gasteiger partial charge in [0.25, 0.3) is 11.8 Å². The molecule has 2 saturated heterocycles. The van der Waals surface area contributed by atoms with Crippen molar-refractivity contribution < 1.29 is 14.4 Å². The van der Waals surface area contributed by atoms with E-state index in [4.69, 9.17) is 23.2 Å². The predicted octanol–water partition coefficient (Wildman–Crippen LogP) is 5.84. The first-order chi connectivity index (χ1) is 18.9. The third-order valence-corrected chi connectivity index (χ3v) is 7.54. The molecule has 0 bridgehead atoms. The number of benzene rings is 3. The first-order valence-electron chi connectivity index (χ1n) is 12.9. The maximum Gasteiger partial charge on any atom is 0.321 e. The van der Waals surface area contributed by atoms with E-state index in [1.807, 2.05) is 11.0 Å². The molecule has 5 rings (SSSR count). The molecular formula is C29H29Cl2N5O3. The van der Waals surface area contributed by atoms with Crippen LogP contribution in [0.15, 0.2) is 66.7 Å². The number of likely N-dealkylation sites (tertiary alicyclic amines) is 1. The second-order valence-corrected chi connectivity index (χ2v) is 10.4. The van der Waals surface area contributed by atoms with Crippen molar-refractivity contribution in [3.63, 3.8) is 0 Å². The summed E-state index contributed by atoms with van der Waals surface area (Å²) in [7, 11) is 0. The molecule has 202 valence electrons. The molecule has 0 spiro atoms. The lowest BCUT2D eigenvalue weighted by molar-refractivity contribution is 0.0792. The predicted molar refractivity (Wildman–Crippen MR) is 155 cm³/mol. The van der Waals surface area contributed by atoms with E-state index in [9.17, 15) is 14.4 Å². The van der Waals surface area contributed by atoms with Gasteiger partial charge in [0.15, 0.2) is 0 Å². The Kier molecular flexibility index (Phi) is 8.24. The molecule has 0 saturated carbocycles. The quantitative estimate of drug-likeness (QED) is 0.407. The molecule has 2 aliphatic rings. The van der Waals surface area contributed by atoms with Gasteiger partial charge in [-0.3, -0.25) is 9.59 Å². The van der Waals surface area contributed by atoms with Crippen molar-refractivity contribution in [3.05, 3.63) is 87.9 Å². The van der Waals surface area contributed by atoms with Crippen molar-refractivity contribution in [1.29, 1.82) is 0 Å². The van der Waals surface area contributed by atoms with Crippen LogP contribution < -0.4 is 15.5 Å². The largest absolute Gasteiger partial charge is 0.367 e. The van der Waals surface area contributed by atoms with Crippen LogP contribution in [-0.2, 0) is 0 Å². The van der Waals surface area contributed by atoms with Gasteiger partial charge in [-0.1, -0.05) is 41.4 Å². The van der Waals surface area contributed by atoms with Gasteiger partial charge < -0.3 is 25.3 Å². The summed E-state index contributed by atoms with van der Waals surface area (Å²) in [6.45, 7) is 3.55. The van der Waals surface area contributed by atoms with Gasteiger partial charge in [-0.05, 0) is 61.4 Å². The molecule has 39 heavy (non-hydrogen) atoms. The molecular weight excluding hydrogens is 537 g/mol. The van der Waals surface area contributed by atoms with Crippen LogP contribution in [0.4, 0.5) is 21.9 Å². The second-order valence-electron chi connectivity index (χ2n) is 9.58. The van der Waals surface area contributed by atoms with Gasteiger partial charge in [-0.2, -0.15) is 0 Å². The highest BCUT2D eigenvalue weighted by Crippen LogP contribution is 2.29. The minimum absolute atomic E-state index is 0.0579. The number of piperazine rings is 1. The van der Waals surface area contributed by atoms with Gasteiger partial charge in [-0.25, -0.2) is 4.79 Å². The minimum Gasteiger partial charge on any atom is -0.367 e. The Morgan fingerprint density at radius 1 is 0.667 bits per heavy atom. The molecule has 0 radical (unpaired) electrons. The van der Waals surface area contributed by atoms with Gasteiger partial charge in [0.2, 0.25) is 0 Å². The fourth-order valence-electron chi connectivity index (χ4n) is 4.91. The average Bonchev–Trinajstić information content (AvgIpc) is 3.48. The highest BCUT2D eigenvalue weighted by atomic mass is 35.5. The number of amides is 4. The van der Waals surface area contributed by atoms with Crippen molar-refractivity contribution >= 4 is 58.1 Å². The minimum atomic E-state index is -0.341. The fraction of sp³-hybridized carbons (Fsp3) is 0.276. The van der Waals surface area contributed by atoms with E-state index in [2.05, 4.69) is 15.5 Å². The number of urea groups is 1. The van der Waals surface area contributed by atoms with Gasteiger partial charge in [0.05, 0.1) is 16.1 Å². The molecule has 2 aliphatic heterocycles. The van der Waals surface area contributed by atoms with E-state index in [1.165, 1.54) is 0 Å². The van der Waals surface area contributed by atoms with E-state index in [0.717, 1.165) is 18.5 Å². The van der Waals surface area contributed by atoms with Crippen LogP contribution in [0.5, 0.6) is 0 Å². The van der Waals surface area contributed by atoms with E-state index in [-0.39, 0.29) is 17.8 Å². The summed E-state index contributed by atoms with van der Waals surface area (Å²) in [5, 5.41) is 6.68. The van der Waals surface area contributed by atoms with Crippen molar-refractivity contribution in [3.8, 4) is 0 Å². The summed E-state index contributed by atoms with van der Waals surface area (Å²) < 4.78 is 0. The average molecular weight is 566 g/mol. The van der Waals surface area contributed by atoms with Crippen LogP contribution in [-0.4, -0.2) is 66.9 Å². The van der Waals surface area contributed by atoms with Crippen LogP contribution in [0.2, 0.25) is 10.0 Å². The number of rotatable bonds is 5. The molecule has 0 aromatic heterocycles. The molecule has 2 fully saturated rings. The maximum atomic E-state index is 13.6. The maximum absolute atomic E-state index is 13.6. The molecule has 2 heterocycles. The van der Waals surface area contributed by atoms with Gasteiger partial charge >= 0.3 is 6.03 Å². The van der Waals surface area contributed by atoms with Gasteiger partial charge in [0, 0.05) is 61.4 Å². The monoisotopic (exact) mass is 565 g/mol. The first-order valence-corrected chi connectivity index (χ1v) is 13.7. The molecule has 4 amide bonds. The van der Waals surface area contributed by atoms with Gasteiger partial charge in [0.1, 0.15) is 0 Å². The van der Waals surface area contributed by atoms with Crippen molar-refractivity contribution in [1.82, 2.24) is 9.80 Å². The lowest BCUT2D eigenvalue weighted by Gasteiger charge is -2.37. The Balaban J connectivity index is 1.32. The molecule has 10 heteroatoms. The summed E-state index contributed by atoms with van der Waals surface area (Å²) >= 11 is 12.2. The van der Waals surface area contributed by atoms with Gasteiger partial charge in [-0.15, -0.1) is 0 Å². The Morgan fingerprint density at radius 2 is 1.38 bits per heavy atom. The highest BCUT2D eigenvalue weighted by Gasteiger charge is 2.28. The van der Waals surface area contributed by atoms with Crippen LogP contribution in [0, 0.1) is 0 Å². The number of anilines is 3. The summed E-state index contributed by atoms with van der Waals surface area (Å²) in [5.74, 6) is -0.398. The summed E-state index contributed by atoms with van der Waals surface area (Å²) in [6, 6.07) is 19.1. The first kappa shape index (κ1) is 26.8. The van der Waals surface area contributed by atoms with Crippen molar-refractivity contribution in [2.75, 3.05) is 54.8 Å². The third-order valence-electron chi connectivity index (χ3n) is 6.98. The zero-order valence-electron chi connectivity index (χ0n) is 21.3. The van der Waals surface area contributed by atoms with Crippen LogP contribution in [0.3, 0.4) is 0 Å². The third kappa shape index (κ3) is 6.29. The lowest BCUT2D eigenvalue weighted by Crippen LogP contribution is -2.50. The lowest BCUT2D eigenvalue weighted by atomic mass is 10.1. The van der Waals surface area contributed by atoms with E-state index in [1.54, 1.807) is 65.6 Å². The Morgan fingerprint density at radius 3 is 2.10 bits per heavy atom. The molecule has 8 nitrogen and oxygen atoms in total.